The number of hydrogen-bond donors (Lipinski definition) is 3. The van der Waals surface area contributed by atoms with Gasteiger partial charge >= 0.3 is 12.2 Å². The van der Waals surface area contributed by atoms with Gasteiger partial charge in [-0.25, -0.2) is 14.2 Å². The van der Waals surface area contributed by atoms with Gasteiger partial charge in [0.25, 0.3) is 0 Å². The molecule has 0 saturated heterocycles. The average molecular weight is 516 g/mol. The first kappa shape index (κ1) is 25.4. The number of pyridine rings is 1. The molecule has 4 rings (SSSR count). The first-order valence-corrected chi connectivity index (χ1v) is 10.9. The number of nitrogens with zero attached hydrogens (tertiary/aromatic N) is 3. The van der Waals surface area contributed by atoms with E-state index in [2.05, 4.69) is 32.5 Å². The number of halogens is 4. The van der Waals surface area contributed by atoms with Crippen molar-refractivity contribution in [2.45, 2.75) is 19.1 Å². The molecule has 3 amide bonds. The number of nitrogens with one attached hydrogen (secondary N) is 3. The Morgan fingerprint density at radius 1 is 1.16 bits per heavy atom. The maximum Gasteiger partial charge on any atom is 0.416 e. The minimum atomic E-state index is -4.72. The number of aryl methyl sites for hydroxylation is 1. The molecule has 0 unspecified atom stereocenters. The second-order valence-electron chi connectivity index (χ2n) is 7.78. The molecule has 1 aliphatic heterocycles. The van der Waals surface area contributed by atoms with Crippen LogP contribution < -0.4 is 20.7 Å². The highest BCUT2D eigenvalue weighted by molar-refractivity contribution is 5.92. The number of ether oxygens (including phenoxy) is 1. The van der Waals surface area contributed by atoms with E-state index in [9.17, 15) is 27.2 Å². The van der Waals surface area contributed by atoms with Crippen LogP contribution in [0.25, 0.3) is 11.2 Å². The van der Waals surface area contributed by atoms with Crippen molar-refractivity contribution in [2.75, 3.05) is 17.2 Å². The number of imidazole rings is 1. The van der Waals surface area contributed by atoms with Crippen molar-refractivity contribution in [3.05, 3.63) is 72.6 Å². The van der Waals surface area contributed by atoms with E-state index in [1.807, 2.05) is 0 Å². The quantitative estimate of drug-likeness (QED) is 0.295. The summed E-state index contributed by atoms with van der Waals surface area (Å²) in [4.78, 5) is 32.4. The number of hydrogen-bond acceptors (Lipinski definition) is 5. The molecule has 0 fully saturated rings. The van der Waals surface area contributed by atoms with Gasteiger partial charge in [-0.15, -0.1) is 0 Å². The SMILES string of the molecule is C=C(F)/C=C\C(=C/CNC(=O)Nc1ccc(Oc2ccc3nc4n(c3n2)CCC(=O)N4)cc1)C(F)(F)F. The van der Waals surface area contributed by atoms with Gasteiger partial charge in [0, 0.05) is 31.3 Å². The fraction of sp³-hybridized carbons (Fsp3) is 0.167. The Hall–Kier alpha value is -4.68. The number of carbonyl (C=O) groups excluding carboxylic acids is 2. The molecule has 0 atom stereocenters. The van der Waals surface area contributed by atoms with Crippen molar-refractivity contribution in [1.29, 1.82) is 0 Å². The zero-order valence-corrected chi connectivity index (χ0v) is 19.1. The summed E-state index contributed by atoms with van der Waals surface area (Å²) in [5.41, 5.74) is 0.412. The van der Waals surface area contributed by atoms with Crippen molar-refractivity contribution >= 4 is 34.7 Å². The van der Waals surface area contributed by atoms with Gasteiger partial charge in [-0.2, -0.15) is 18.2 Å². The topological polar surface area (TPSA) is 110 Å². The Bertz CT molecular complexity index is 1410. The van der Waals surface area contributed by atoms with Gasteiger partial charge in [-0.05, 0) is 42.5 Å². The fourth-order valence-corrected chi connectivity index (χ4v) is 3.36. The maximum absolute atomic E-state index is 12.9. The largest absolute Gasteiger partial charge is 0.439 e. The Kier molecular flexibility index (Phi) is 7.22. The van der Waals surface area contributed by atoms with Gasteiger partial charge in [-0.3, -0.25) is 14.7 Å². The molecule has 1 aliphatic rings. The highest BCUT2D eigenvalue weighted by Crippen LogP contribution is 2.28. The number of benzene rings is 1. The highest BCUT2D eigenvalue weighted by atomic mass is 19.4. The summed E-state index contributed by atoms with van der Waals surface area (Å²) in [5.74, 6) is 0.00504. The van der Waals surface area contributed by atoms with Crippen LogP contribution in [0, 0.1) is 0 Å². The standard InChI is InChI=1S/C24H20F4N6O3/c1-14(25)2-3-15(24(26,27)28)10-12-29-23(36)30-16-4-6-17(7-5-16)37-20-9-8-18-21(33-20)34-13-11-19(35)32-22(34)31-18/h2-10H,1,11-13H2,(H2,29,30,36)(H,31,32,35)/b3-2-,15-10+. The van der Waals surface area contributed by atoms with Crippen molar-refractivity contribution in [1.82, 2.24) is 19.9 Å². The third kappa shape index (κ3) is 6.51. The molecule has 0 aliphatic carbocycles. The Morgan fingerprint density at radius 3 is 2.62 bits per heavy atom. The van der Waals surface area contributed by atoms with E-state index < -0.39 is 30.2 Å². The van der Waals surface area contributed by atoms with Gasteiger partial charge in [0.2, 0.25) is 17.7 Å². The molecule has 0 spiro atoms. The summed E-state index contributed by atoms with van der Waals surface area (Å²) < 4.78 is 59.0. The monoisotopic (exact) mass is 516 g/mol. The highest BCUT2D eigenvalue weighted by Gasteiger charge is 2.31. The van der Waals surface area contributed by atoms with E-state index in [-0.39, 0.29) is 5.91 Å². The Labute approximate surface area is 207 Å². The molecule has 0 radical (unpaired) electrons. The van der Waals surface area contributed by atoms with Crippen LogP contribution in [-0.4, -0.2) is 39.2 Å². The number of aromatic nitrogens is 3. The summed E-state index contributed by atoms with van der Waals surface area (Å²) in [5, 5.41) is 7.44. The van der Waals surface area contributed by atoms with Gasteiger partial charge in [-0.1, -0.05) is 12.7 Å². The zero-order valence-electron chi connectivity index (χ0n) is 19.1. The number of amides is 3. The van der Waals surface area contributed by atoms with E-state index in [0.29, 0.717) is 65.6 Å². The minimum Gasteiger partial charge on any atom is -0.439 e. The lowest BCUT2D eigenvalue weighted by Gasteiger charge is -2.14. The van der Waals surface area contributed by atoms with E-state index >= 15 is 0 Å². The molecule has 1 aromatic carbocycles. The summed E-state index contributed by atoms with van der Waals surface area (Å²) in [7, 11) is 0. The number of carbonyl (C=O) groups is 2. The van der Waals surface area contributed by atoms with E-state index in [1.165, 1.54) is 12.1 Å². The van der Waals surface area contributed by atoms with Crippen LogP contribution in [0.15, 0.2) is 72.6 Å². The van der Waals surface area contributed by atoms with Crippen molar-refractivity contribution < 1.29 is 31.9 Å². The van der Waals surface area contributed by atoms with Crippen LogP contribution in [-0.2, 0) is 11.3 Å². The summed E-state index contributed by atoms with van der Waals surface area (Å²) in [6, 6.07) is 8.83. The summed E-state index contributed by atoms with van der Waals surface area (Å²) >= 11 is 0. The first-order chi connectivity index (χ1) is 17.6. The normalized spacial score (nSPS) is 13.8. The van der Waals surface area contributed by atoms with Gasteiger partial charge in [0.05, 0.1) is 5.57 Å². The van der Waals surface area contributed by atoms with Crippen LogP contribution in [0.1, 0.15) is 6.42 Å². The average Bonchev–Trinajstić information content (AvgIpc) is 3.18. The number of anilines is 2. The predicted molar refractivity (Wildman–Crippen MR) is 128 cm³/mol. The predicted octanol–water partition coefficient (Wildman–Crippen LogP) is 5.22. The molecule has 192 valence electrons. The van der Waals surface area contributed by atoms with Crippen LogP contribution in [0.2, 0.25) is 0 Å². The molecule has 0 saturated carbocycles. The molecule has 2 aromatic heterocycles. The molecule has 0 bridgehead atoms. The van der Waals surface area contributed by atoms with Gasteiger partial charge in [0.15, 0.2) is 5.65 Å². The van der Waals surface area contributed by atoms with E-state index in [0.717, 1.165) is 0 Å². The lowest BCUT2D eigenvalue weighted by atomic mass is 10.2. The molecule has 9 nitrogen and oxygen atoms in total. The number of rotatable bonds is 7. The lowest BCUT2D eigenvalue weighted by molar-refractivity contribution is -0.116. The zero-order chi connectivity index (χ0) is 26.6. The van der Waals surface area contributed by atoms with Crippen LogP contribution >= 0.6 is 0 Å². The van der Waals surface area contributed by atoms with Crippen molar-refractivity contribution in [3.63, 3.8) is 0 Å². The maximum atomic E-state index is 12.9. The van der Waals surface area contributed by atoms with Gasteiger partial charge in [0.1, 0.15) is 17.1 Å². The number of alkyl halides is 3. The summed E-state index contributed by atoms with van der Waals surface area (Å²) in [6.45, 7) is 2.87. The molecule has 3 heterocycles. The van der Waals surface area contributed by atoms with Crippen LogP contribution in [0.3, 0.4) is 0 Å². The molecule has 3 N–H and O–H groups in total. The number of urea groups is 1. The lowest BCUT2D eigenvalue weighted by Crippen LogP contribution is -2.29. The van der Waals surface area contributed by atoms with E-state index in [4.69, 9.17) is 4.74 Å². The van der Waals surface area contributed by atoms with Crippen LogP contribution in [0.5, 0.6) is 11.6 Å². The number of allylic oxidation sites excluding steroid dienone is 4. The van der Waals surface area contributed by atoms with E-state index in [1.54, 1.807) is 28.8 Å². The first-order valence-electron chi connectivity index (χ1n) is 10.9. The third-order valence-electron chi connectivity index (χ3n) is 5.07. The minimum absolute atomic E-state index is 0.110. The van der Waals surface area contributed by atoms with Crippen molar-refractivity contribution in [3.8, 4) is 11.6 Å². The van der Waals surface area contributed by atoms with Crippen LogP contribution in [0.4, 0.5) is 34.0 Å². The third-order valence-corrected chi connectivity index (χ3v) is 5.07. The molecular formula is C24H20F4N6O3. The molecule has 13 heteroatoms. The molecular weight excluding hydrogens is 496 g/mol. The van der Waals surface area contributed by atoms with Gasteiger partial charge < -0.3 is 15.4 Å². The summed E-state index contributed by atoms with van der Waals surface area (Å²) in [6.07, 6.45) is -2.57. The smallest absolute Gasteiger partial charge is 0.416 e. The van der Waals surface area contributed by atoms with Crippen molar-refractivity contribution in [2.24, 2.45) is 0 Å². The second-order valence-corrected chi connectivity index (χ2v) is 7.78. The fourth-order valence-electron chi connectivity index (χ4n) is 3.36. The molecule has 37 heavy (non-hydrogen) atoms. The number of fused-ring (bicyclic) bond motifs is 3. The second kappa shape index (κ2) is 10.5. The molecule has 3 aromatic rings. The Morgan fingerprint density at radius 2 is 1.92 bits per heavy atom. The Balaban J connectivity index is 1.34.